The molecule has 2 N–H and O–H groups in total. The Labute approximate surface area is 113 Å². The lowest BCUT2D eigenvalue weighted by molar-refractivity contribution is -0.126. The number of nitrogens with one attached hydrogen (secondary N) is 2. The van der Waals surface area contributed by atoms with Gasteiger partial charge in [0.15, 0.2) is 0 Å². The Morgan fingerprint density at radius 2 is 2.47 bits per heavy atom. The Morgan fingerprint density at radius 1 is 1.63 bits per heavy atom. The number of aromatic nitrogens is 1. The van der Waals surface area contributed by atoms with Crippen molar-refractivity contribution in [2.24, 2.45) is 0 Å². The van der Waals surface area contributed by atoms with Gasteiger partial charge in [-0.15, -0.1) is 0 Å². The molecule has 1 fully saturated rings. The van der Waals surface area contributed by atoms with E-state index in [0.29, 0.717) is 19.8 Å². The minimum atomic E-state index is -0.238. The van der Waals surface area contributed by atoms with Crippen LogP contribution in [0.2, 0.25) is 0 Å². The molecule has 1 amide bonds. The van der Waals surface area contributed by atoms with E-state index in [0.717, 1.165) is 12.1 Å². The standard InChI is InChI=1S/C14H21N3O2/c1-14(2,11-4-3-5-15-8-11)10-17-13(18)12-9-19-7-6-16-12/h3-5,8,12,16H,6-7,9-10H2,1-2H3,(H,17,18). The summed E-state index contributed by atoms with van der Waals surface area (Å²) in [6, 6.07) is 3.70. The van der Waals surface area contributed by atoms with Gasteiger partial charge in [-0.3, -0.25) is 9.78 Å². The van der Waals surface area contributed by atoms with Crippen molar-refractivity contribution in [1.82, 2.24) is 15.6 Å². The van der Waals surface area contributed by atoms with Gasteiger partial charge in [0.25, 0.3) is 0 Å². The van der Waals surface area contributed by atoms with Crippen LogP contribution in [0.3, 0.4) is 0 Å². The predicted octanol–water partition coefficient (Wildman–Crippen LogP) is 0.464. The summed E-state index contributed by atoms with van der Waals surface area (Å²) in [6.07, 6.45) is 3.59. The second-order valence-electron chi connectivity index (χ2n) is 5.43. The number of ether oxygens (including phenoxy) is 1. The lowest BCUT2D eigenvalue weighted by atomic mass is 9.85. The van der Waals surface area contributed by atoms with Gasteiger partial charge in [-0.25, -0.2) is 0 Å². The van der Waals surface area contributed by atoms with E-state index in [2.05, 4.69) is 29.5 Å². The normalized spacial score (nSPS) is 20.0. The predicted molar refractivity (Wildman–Crippen MR) is 72.9 cm³/mol. The average molecular weight is 263 g/mol. The number of nitrogens with zero attached hydrogens (tertiary/aromatic N) is 1. The Hall–Kier alpha value is -1.46. The highest BCUT2D eigenvalue weighted by molar-refractivity contribution is 5.82. The van der Waals surface area contributed by atoms with E-state index < -0.39 is 0 Å². The zero-order valence-electron chi connectivity index (χ0n) is 11.5. The molecule has 2 rings (SSSR count). The van der Waals surface area contributed by atoms with Crippen LogP contribution in [0.4, 0.5) is 0 Å². The number of carbonyl (C=O) groups is 1. The molecule has 5 nitrogen and oxygen atoms in total. The largest absolute Gasteiger partial charge is 0.378 e. The van der Waals surface area contributed by atoms with Crippen LogP contribution in [0.15, 0.2) is 24.5 Å². The fourth-order valence-corrected chi connectivity index (χ4v) is 2.03. The molecule has 0 bridgehead atoms. The van der Waals surface area contributed by atoms with Crippen LogP contribution >= 0.6 is 0 Å². The van der Waals surface area contributed by atoms with E-state index in [9.17, 15) is 4.79 Å². The first kappa shape index (κ1) is 14.0. The van der Waals surface area contributed by atoms with Crippen LogP contribution in [0.5, 0.6) is 0 Å². The molecule has 1 saturated heterocycles. The van der Waals surface area contributed by atoms with Crippen LogP contribution in [0.1, 0.15) is 19.4 Å². The van der Waals surface area contributed by atoms with Gasteiger partial charge in [0, 0.05) is 30.9 Å². The van der Waals surface area contributed by atoms with Gasteiger partial charge in [-0.1, -0.05) is 19.9 Å². The van der Waals surface area contributed by atoms with Gasteiger partial charge in [0.05, 0.1) is 13.2 Å². The minimum Gasteiger partial charge on any atom is -0.378 e. The molecular weight excluding hydrogens is 242 g/mol. The quantitative estimate of drug-likeness (QED) is 0.828. The summed E-state index contributed by atoms with van der Waals surface area (Å²) in [5.74, 6) is -0.00309. The molecule has 1 aromatic rings. The monoisotopic (exact) mass is 263 g/mol. The Balaban J connectivity index is 1.88. The third kappa shape index (κ3) is 3.75. The maximum Gasteiger partial charge on any atom is 0.239 e. The van der Waals surface area contributed by atoms with Crippen molar-refractivity contribution in [3.8, 4) is 0 Å². The number of hydrogen-bond acceptors (Lipinski definition) is 4. The van der Waals surface area contributed by atoms with E-state index in [4.69, 9.17) is 4.74 Å². The van der Waals surface area contributed by atoms with Gasteiger partial charge >= 0.3 is 0 Å². The maximum atomic E-state index is 12.0. The van der Waals surface area contributed by atoms with Gasteiger partial charge in [0.2, 0.25) is 5.91 Å². The first-order valence-corrected chi connectivity index (χ1v) is 6.59. The second-order valence-corrected chi connectivity index (χ2v) is 5.43. The molecule has 0 aromatic carbocycles. The molecule has 0 radical (unpaired) electrons. The second kappa shape index (κ2) is 6.12. The minimum absolute atomic E-state index is 0.00309. The number of rotatable bonds is 4. The molecule has 1 aromatic heterocycles. The molecule has 5 heteroatoms. The van der Waals surface area contributed by atoms with Crippen molar-refractivity contribution in [1.29, 1.82) is 0 Å². The third-order valence-corrected chi connectivity index (χ3v) is 3.39. The molecule has 104 valence electrons. The third-order valence-electron chi connectivity index (χ3n) is 3.39. The van der Waals surface area contributed by atoms with Gasteiger partial charge < -0.3 is 15.4 Å². The first-order chi connectivity index (χ1) is 9.09. The van der Waals surface area contributed by atoms with Gasteiger partial charge in [0.1, 0.15) is 6.04 Å². The van der Waals surface area contributed by atoms with E-state index >= 15 is 0 Å². The zero-order chi connectivity index (χ0) is 13.7. The molecule has 19 heavy (non-hydrogen) atoms. The lowest BCUT2D eigenvalue weighted by Gasteiger charge is -2.28. The van der Waals surface area contributed by atoms with Crippen LogP contribution in [0, 0.1) is 0 Å². The van der Waals surface area contributed by atoms with Crippen molar-refractivity contribution in [3.05, 3.63) is 30.1 Å². The van der Waals surface area contributed by atoms with Crippen LogP contribution < -0.4 is 10.6 Å². The van der Waals surface area contributed by atoms with Crippen LogP contribution in [0.25, 0.3) is 0 Å². The molecular formula is C14H21N3O2. The fourth-order valence-electron chi connectivity index (χ4n) is 2.03. The average Bonchev–Trinajstić information content (AvgIpc) is 2.47. The molecule has 0 spiro atoms. The zero-order valence-corrected chi connectivity index (χ0v) is 11.5. The van der Waals surface area contributed by atoms with Gasteiger partial charge in [-0.2, -0.15) is 0 Å². The maximum absolute atomic E-state index is 12.0. The molecule has 0 saturated carbocycles. The summed E-state index contributed by atoms with van der Waals surface area (Å²) in [5.41, 5.74) is 0.975. The SMILES string of the molecule is CC(C)(CNC(=O)C1COCCN1)c1cccnc1. The first-order valence-electron chi connectivity index (χ1n) is 6.59. The number of morpholine rings is 1. The lowest BCUT2D eigenvalue weighted by Crippen LogP contribution is -2.52. The van der Waals surface area contributed by atoms with Crippen molar-refractivity contribution in [3.63, 3.8) is 0 Å². The van der Waals surface area contributed by atoms with Crippen molar-refractivity contribution < 1.29 is 9.53 Å². The van der Waals surface area contributed by atoms with Gasteiger partial charge in [-0.05, 0) is 11.6 Å². The molecule has 1 aliphatic rings. The smallest absolute Gasteiger partial charge is 0.239 e. The Morgan fingerprint density at radius 3 is 3.11 bits per heavy atom. The molecule has 1 unspecified atom stereocenters. The number of carbonyl (C=O) groups excluding carboxylic acids is 1. The van der Waals surface area contributed by atoms with E-state index in [-0.39, 0.29) is 17.4 Å². The molecule has 2 heterocycles. The van der Waals surface area contributed by atoms with Crippen molar-refractivity contribution in [2.75, 3.05) is 26.3 Å². The Kier molecular flexibility index (Phi) is 4.50. The van der Waals surface area contributed by atoms with E-state index in [1.165, 1.54) is 0 Å². The molecule has 1 atom stereocenters. The summed E-state index contributed by atoms with van der Waals surface area (Å²) < 4.78 is 5.29. The molecule has 0 aliphatic carbocycles. The summed E-state index contributed by atoms with van der Waals surface area (Å²) >= 11 is 0. The summed E-state index contributed by atoms with van der Waals surface area (Å²) in [4.78, 5) is 16.1. The highest BCUT2D eigenvalue weighted by atomic mass is 16.5. The highest BCUT2D eigenvalue weighted by Crippen LogP contribution is 2.20. The summed E-state index contributed by atoms with van der Waals surface area (Å²) in [6.45, 7) is 6.61. The number of pyridine rings is 1. The van der Waals surface area contributed by atoms with Crippen LogP contribution in [-0.4, -0.2) is 43.2 Å². The van der Waals surface area contributed by atoms with E-state index in [1.807, 2.05) is 18.3 Å². The van der Waals surface area contributed by atoms with Crippen LogP contribution in [-0.2, 0) is 14.9 Å². The van der Waals surface area contributed by atoms with E-state index in [1.54, 1.807) is 6.20 Å². The fraction of sp³-hybridized carbons (Fsp3) is 0.571. The number of amides is 1. The number of hydrogen-bond donors (Lipinski definition) is 2. The summed E-state index contributed by atoms with van der Waals surface area (Å²) in [7, 11) is 0. The van der Waals surface area contributed by atoms with Crippen molar-refractivity contribution >= 4 is 5.91 Å². The van der Waals surface area contributed by atoms with Crippen molar-refractivity contribution in [2.45, 2.75) is 25.3 Å². The topological polar surface area (TPSA) is 63.2 Å². The highest BCUT2D eigenvalue weighted by Gasteiger charge is 2.25. The summed E-state index contributed by atoms with van der Waals surface area (Å²) in [5, 5.41) is 6.13. The molecule has 1 aliphatic heterocycles. The Bertz CT molecular complexity index is 414.